The van der Waals surface area contributed by atoms with Crippen molar-refractivity contribution in [3.05, 3.63) is 42.2 Å². The number of guanidine groups is 1. The highest BCUT2D eigenvalue weighted by Gasteiger charge is 2.20. The summed E-state index contributed by atoms with van der Waals surface area (Å²) in [4.78, 5) is 9.36. The standard InChI is InChI=1S/C20H30FN7/c1-3-9-22-20(23-10-11-28-16-24-25-19(28)4-2)27-14-12-26(13-15-27)18-7-5-17(21)6-8-18/h5-8,16H,3-4,9-15H2,1-2H3,(H,22,23). The van der Waals surface area contributed by atoms with Crippen LogP contribution >= 0.6 is 0 Å². The second-order valence-electron chi connectivity index (χ2n) is 6.88. The van der Waals surface area contributed by atoms with Crippen LogP contribution < -0.4 is 10.2 Å². The molecule has 2 aromatic rings. The van der Waals surface area contributed by atoms with Crippen LogP contribution in [-0.2, 0) is 13.0 Å². The Balaban J connectivity index is 1.54. The third-order valence-electron chi connectivity index (χ3n) is 4.90. The van der Waals surface area contributed by atoms with Gasteiger partial charge >= 0.3 is 0 Å². The minimum absolute atomic E-state index is 0.195. The van der Waals surface area contributed by atoms with E-state index in [-0.39, 0.29) is 5.82 Å². The number of aliphatic imine (C=N–C) groups is 1. The second-order valence-corrected chi connectivity index (χ2v) is 6.88. The van der Waals surface area contributed by atoms with Crippen LogP contribution in [-0.4, -0.2) is 64.9 Å². The summed E-state index contributed by atoms with van der Waals surface area (Å²) in [5, 5.41) is 11.6. The van der Waals surface area contributed by atoms with Crippen LogP contribution in [0.3, 0.4) is 0 Å². The molecule has 0 bridgehead atoms. The number of rotatable bonds is 7. The summed E-state index contributed by atoms with van der Waals surface area (Å²) in [6.07, 6.45) is 3.68. The van der Waals surface area contributed by atoms with Crippen LogP contribution in [0.1, 0.15) is 26.1 Å². The number of piperazine rings is 1. The number of nitrogens with zero attached hydrogens (tertiary/aromatic N) is 6. The van der Waals surface area contributed by atoms with E-state index in [1.54, 1.807) is 6.33 Å². The number of hydrogen-bond acceptors (Lipinski definition) is 4. The number of halogens is 1. The van der Waals surface area contributed by atoms with Crippen LogP contribution in [0.25, 0.3) is 0 Å². The summed E-state index contributed by atoms with van der Waals surface area (Å²) in [7, 11) is 0. The molecule has 7 nitrogen and oxygen atoms in total. The third-order valence-corrected chi connectivity index (χ3v) is 4.90. The monoisotopic (exact) mass is 387 g/mol. The van der Waals surface area contributed by atoms with Crippen molar-refractivity contribution in [2.24, 2.45) is 4.99 Å². The lowest BCUT2D eigenvalue weighted by Crippen LogP contribution is -2.53. The molecule has 0 atom stereocenters. The van der Waals surface area contributed by atoms with Crippen molar-refractivity contribution in [2.75, 3.05) is 44.2 Å². The average molecular weight is 388 g/mol. The molecule has 1 fully saturated rings. The van der Waals surface area contributed by atoms with E-state index in [1.807, 2.05) is 12.1 Å². The highest BCUT2D eigenvalue weighted by atomic mass is 19.1. The number of anilines is 1. The fraction of sp³-hybridized carbons (Fsp3) is 0.550. The number of benzene rings is 1. The lowest BCUT2D eigenvalue weighted by Gasteiger charge is -2.37. The first-order valence-corrected chi connectivity index (χ1v) is 10.1. The molecule has 28 heavy (non-hydrogen) atoms. The summed E-state index contributed by atoms with van der Waals surface area (Å²) in [5.41, 5.74) is 1.07. The zero-order valence-electron chi connectivity index (χ0n) is 16.8. The number of aryl methyl sites for hydroxylation is 1. The van der Waals surface area contributed by atoms with Crippen molar-refractivity contribution >= 4 is 11.6 Å². The number of nitrogens with one attached hydrogen (secondary N) is 1. The molecule has 1 aliphatic heterocycles. The highest BCUT2D eigenvalue weighted by Crippen LogP contribution is 2.17. The van der Waals surface area contributed by atoms with Crippen LogP contribution in [0.4, 0.5) is 10.1 Å². The van der Waals surface area contributed by atoms with Gasteiger partial charge in [0.15, 0.2) is 5.96 Å². The summed E-state index contributed by atoms with van der Waals surface area (Å²) in [6, 6.07) is 6.74. The van der Waals surface area contributed by atoms with Gasteiger partial charge in [0.2, 0.25) is 0 Å². The van der Waals surface area contributed by atoms with Gasteiger partial charge in [0.05, 0.1) is 0 Å². The first kappa shape index (κ1) is 20.1. The Labute approximate surface area is 166 Å². The fourth-order valence-corrected chi connectivity index (χ4v) is 3.34. The third kappa shape index (κ3) is 5.21. The van der Waals surface area contributed by atoms with Crippen LogP contribution in [0.5, 0.6) is 0 Å². The fourth-order valence-electron chi connectivity index (χ4n) is 3.34. The largest absolute Gasteiger partial charge is 0.368 e. The summed E-state index contributed by atoms with van der Waals surface area (Å²) >= 11 is 0. The van der Waals surface area contributed by atoms with Gasteiger partial charge in [-0.2, -0.15) is 0 Å². The van der Waals surface area contributed by atoms with Crippen LogP contribution in [0, 0.1) is 5.82 Å². The van der Waals surface area contributed by atoms with Crippen molar-refractivity contribution in [3.8, 4) is 0 Å². The molecule has 0 amide bonds. The molecule has 0 unspecified atom stereocenters. The average Bonchev–Trinajstić information content (AvgIpc) is 3.19. The SMILES string of the molecule is CCCN=C(NCCn1cnnc1CC)N1CCN(c2ccc(F)cc2)CC1. The van der Waals surface area contributed by atoms with Gasteiger partial charge in [-0.25, -0.2) is 4.39 Å². The molecule has 0 radical (unpaired) electrons. The predicted octanol–water partition coefficient (Wildman–Crippen LogP) is 2.16. The molecule has 1 saturated heterocycles. The number of hydrogen-bond donors (Lipinski definition) is 1. The molecule has 3 rings (SSSR count). The Morgan fingerprint density at radius 3 is 2.57 bits per heavy atom. The quantitative estimate of drug-likeness (QED) is 0.583. The van der Waals surface area contributed by atoms with Gasteiger partial charge in [-0.15, -0.1) is 10.2 Å². The van der Waals surface area contributed by atoms with E-state index in [2.05, 4.69) is 43.7 Å². The molecule has 1 aromatic heterocycles. The molecular weight excluding hydrogens is 357 g/mol. The number of aromatic nitrogens is 3. The zero-order valence-corrected chi connectivity index (χ0v) is 16.8. The molecule has 8 heteroatoms. The van der Waals surface area contributed by atoms with E-state index in [9.17, 15) is 4.39 Å². The molecule has 2 heterocycles. The van der Waals surface area contributed by atoms with Gasteiger partial charge in [0.1, 0.15) is 18.0 Å². The Bertz CT molecular complexity index is 748. The maximum atomic E-state index is 13.1. The first-order valence-electron chi connectivity index (χ1n) is 10.1. The van der Waals surface area contributed by atoms with Crippen molar-refractivity contribution in [1.29, 1.82) is 0 Å². The minimum Gasteiger partial charge on any atom is -0.368 e. The predicted molar refractivity (Wildman–Crippen MR) is 110 cm³/mol. The molecule has 1 aliphatic rings. The molecule has 0 saturated carbocycles. The molecular formula is C20H30FN7. The van der Waals surface area contributed by atoms with E-state index in [0.717, 1.165) is 76.1 Å². The Morgan fingerprint density at radius 1 is 1.14 bits per heavy atom. The van der Waals surface area contributed by atoms with E-state index < -0.39 is 0 Å². The summed E-state index contributed by atoms with van der Waals surface area (Å²) in [5.74, 6) is 1.77. The first-order chi connectivity index (χ1) is 13.7. The van der Waals surface area contributed by atoms with Crippen LogP contribution in [0.2, 0.25) is 0 Å². The second kappa shape index (κ2) is 10.1. The topological polar surface area (TPSA) is 61.6 Å². The van der Waals surface area contributed by atoms with Crippen molar-refractivity contribution in [1.82, 2.24) is 25.0 Å². The van der Waals surface area contributed by atoms with Gasteiger partial charge in [-0.05, 0) is 30.7 Å². The van der Waals surface area contributed by atoms with Crippen molar-refractivity contribution in [2.45, 2.75) is 33.2 Å². The van der Waals surface area contributed by atoms with Gasteiger partial charge in [-0.1, -0.05) is 13.8 Å². The molecule has 1 aromatic carbocycles. The van der Waals surface area contributed by atoms with E-state index in [0.29, 0.717) is 0 Å². The van der Waals surface area contributed by atoms with Gasteiger partial charge in [-0.3, -0.25) is 4.99 Å². The summed E-state index contributed by atoms with van der Waals surface area (Å²) < 4.78 is 15.2. The lowest BCUT2D eigenvalue weighted by molar-refractivity contribution is 0.370. The highest BCUT2D eigenvalue weighted by molar-refractivity contribution is 5.80. The molecule has 1 N–H and O–H groups in total. The Kier molecular flexibility index (Phi) is 7.22. The van der Waals surface area contributed by atoms with Gasteiger partial charge in [0, 0.05) is 57.9 Å². The van der Waals surface area contributed by atoms with E-state index in [1.165, 1.54) is 12.1 Å². The molecule has 0 aliphatic carbocycles. The van der Waals surface area contributed by atoms with Gasteiger partial charge < -0.3 is 19.7 Å². The Hall–Kier alpha value is -2.64. The van der Waals surface area contributed by atoms with E-state index in [4.69, 9.17) is 4.99 Å². The summed E-state index contributed by atoms with van der Waals surface area (Å²) in [6.45, 7) is 10.2. The molecule has 152 valence electrons. The lowest BCUT2D eigenvalue weighted by atomic mass is 10.2. The van der Waals surface area contributed by atoms with E-state index >= 15 is 0 Å². The normalized spacial score (nSPS) is 15.2. The zero-order chi connectivity index (χ0) is 19.8. The van der Waals surface area contributed by atoms with Gasteiger partial charge in [0.25, 0.3) is 0 Å². The molecule has 0 spiro atoms. The Morgan fingerprint density at radius 2 is 1.89 bits per heavy atom. The maximum absolute atomic E-state index is 13.1. The minimum atomic E-state index is -0.195. The van der Waals surface area contributed by atoms with Crippen molar-refractivity contribution < 1.29 is 4.39 Å². The van der Waals surface area contributed by atoms with Crippen LogP contribution in [0.15, 0.2) is 35.6 Å². The maximum Gasteiger partial charge on any atom is 0.194 e. The smallest absolute Gasteiger partial charge is 0.194 e. The van der Waals surface area contributed by atoms with Crippen molar-refractivity contribution in [3.63, 3.8) is 0 Å².